The second-order valence-corrected chi connectivity index (χ2v) is 8.59. The van der Waals surface area contributed by atoms with E-state index in [4.69, 9.17) is 5.26 Å². The third-order valence-electron chi connectivity index (χ3n) is 5.08. The van der Waals surface area contributed by atoms with E-state index in [2.05, 4.69) is 6.19 Å². The van der Waals surface area contributed by atoms with Crippen LogP contribution in [-0.4, -0.2) is 37.4 Å². The van der Waals surface area contributed by atoms with Gasteiger partial charge >= 0.3 is 0 Å². The molecule has 0 saturated carbocycles. The summed E-state index contributed by atoms with van der Waals surface area (Å²) in [5, 5.41) is 9.15. The summed E-state index contributed by atoms with van der Waals surface area (Å²) in [5.41, 5.74) is 2.96. The maximum absolute atomic E-state index is 11.2. The fourth-order valence-corrected chi connectivity index (χ4v) is 5.62. The van der Waals surface area contributed by atoms with Crippen LogP contribution in [0.1, 0.15) is 17.5 Å². The molecule has 0 bridgehead atoms. The van der Waals surface area contributed by atoms with E-state index in [0.717, 1.165) is 23.2 Å². The van der Waals surface area contributed by atoms with Gasteiger partial charge < -0.3 is 4.90 Å². The Hall–Kier alpha value is -2.24. The van der Waals surface area contributed by atoms with Gasteiger partial charge in [-0.15, -0.1) is 0 Å². The average molecular weight is 370 g/mol. The van der Waals surface area contributed by atoms with E-state index >= 15 is 0 Å². The number of para-hydroxylation sites is 1. The Morgan fingerprint density at radius 1 is 1.08 bits per heavy atom. The lowest BCUT2D eigenvalue weighted by Crippen LogP contribution is -2.48. The molecule has 0 spiro atoms. The summed E-state index contributed by atoms with van der Waals surface area (Å²) in [5.74, 6) is 0. The van der Waals surface area contributed by atoms with E-state index in [0.29, 0.717) is 26.2 Å². The smallest absolute Gasteiger partial charge is 0.179 e. The predicted molar refractivity (Wildman–Crippen MR) is 103 cm³/mol. The van der Waals surface area contributed by atoms with Gasteiger partial charge in [-0.2, -0.15) is 9.57 Å². The number of benzene rings is 2. The quantitative estimate of drug-likeness (QED) is 0.804. The molecule has 1 atom stereocenters. The molecule has 2 N–H and O–H groups in total. The molecular formula is C19H22N4O2S. The van der Waals surface area contributed by atoms with Gasteiger partial charge in [0, 0.05) is 19.6 Å². The van der Waals surface area contributed by atoms with E-state index in [9.17, 15) is 9.11 Å². The van der Waals surface area contributed by atoms with Crippen LogP contribution in [0.15, 0.2) is 54.6 Å². The summed E-state index contributed by atoms with van der Waals surface area (Å²) in [6.45, 7) is 2.10. The number of nitrogens with zero attached hydrogens (tertiary/aromatic N) is 4. The fourth-order valence-electron chi connectivity index (χ4n) is 3.72. The van der Waals surface area contributed by atoms with Crippen molar-refractivity contribution in [3.8, 4) is 6.19 Å². The topological polar surface area (TPSA) is 74.0 Å². The molecule has 0 amide bonds. The highest BCUT2D eigenvalue weighted by Crippen LogP contribution is 2.57. The minimum atomic E-state index is -3.16. The number of rotatable bonds is 3. The molecule has 2 aromatic carbocycles. The van der Waals surface area contributed by atoms with Crippen LogP contribution >= 0.6 is 11.0 Å². The summed E-state index contributed by atoms with van der Waals surface area (Å²) >= 11 is 0. The molecule has 2 aliphatic heterocycles. The lowest BCUT2D eigenvalue weighted by Gasteiger charge is -2.55. The van der Waals surface area contributed by atoms with Crippen molar-refractivity contribution in [2.24, 2.45) is 0 Å². The van der Waals surface area contributed by atoms with Gasteiger partial charge in [0.2, 0.25) is 0 Å². The SMILES string of the molecule is N#CN1CC[C@@H](N2Cc3ccccc3N(Cc3ccccc3)S2(O)O)C1. The van der Waals surface area contributed by atoms with Gasteiger partial charge in [0.15, 0.2) is 6.19 Å². The van der Waals surface area contributed by atoms with E-state index in [1.54, 1.807) is 13.5 Å². The minimum Gasteiger partial charge on any atom is -0.309 e. The van der Waals surface area contributed by atoms with Crippen LogP contribution in [0.3, 0.4) is 0 Å². The average Bonchev–Trinajstić information content (AvgIpc) is 3.13. The molecular weight excluding hydrogens is 348 g/mol. The zero-order valence-corrected chi connectivity index (χ0v) is 15.2. The number of nitriles is 1. The molecule has 0 radical (unpaired) electrons. The Bertz CT molecular complexity index is 824. The summed E-state index contributed by atoms with van der Waals surface area (Å²) in [7, 11) is -3.16. The molecule has 1 fully saturated rings. The molecule has 2 heterocycles. The Kier molecular flexibility index (Phi) is 4.51. The normalized spacial score (nSPS) is 23.3. The molecule has 2 aromatic rings. The first-order chi connectivity index (χ1) is 12.6. The van der Waals surface area contributed by atoms with E-state index in [1.165, 1.54) is 0 Å². The zero-order valence-electron chi connectivity index (χ0n) is 14.4. The Morgan fingerprint density at radius 3 is 2.54 bits per heavy atom. The van der Waals surface area contributed by atoms with Crippen LogP contribution in [0.2, 0.25) is 0 Å². The van der Waals surface area contributed by atoms with Crippen LogP contribution in [0.5, 0.6) is 0 Å². The van der Waals surface area contributed by atoms with Crippen molar-refractivity contribution < 1.29 is 9.11 Å². The van der Waals surface area contributed by atoms with Gasteiger partial charge in [-0.1, -0.05) is 48.5 Å². The number of likely N-dealkylation sites (tertiary alicyclic amines) is 1. The Labute approximate surface area is 155 Å². The molecule has 136 valence electrons. The van der Waals surface area contributed by atoms with Crippen LogP contribution in [-0.2, 0) is 13.1 Å². The first-order valence-corrected chi connectivity index (χ1v) is 10.1. The number of anilines is 1. The van der Waals surface area contributed by atoms with Gasteiger partial charge in [0.1, 0.15) is 0 Å². The van der Waals surface area contributed by atoms with E-state index in [1.807, 2.05) is 54.6 Å². The molecule has 0 aliphatic carbocycles. The second kappa shape index (κ2) is 6.82. The molecule has 4 rings (SSSR count). The molecule has 6 nitrogen and oxygen atoms in total. The van der Waals surface area contributed by atoms with Gasteiger partial charge in [-0.3, -0.25) is 13.4 Å². The first-order valence-electron chi connectivity index (χ1n) is 8.69. The van der Waals surface area contributed by atoms with Crippen LogP contribution in [0, 0.1) is 11.5 Å². The summed E-state index contributed by atoms with van der Waals surface area (Å²) < 4.78 is 25.9. The maximum atomic E-state index is 11.2. The van der Waals surface area contributed by atoms with Crippen LogP contribution in [0.25, 0.3) is 0 Å². The molecule has 7 heteroatoms. The highest BCUT2D eigenvalue weighted by Gasteiger charge is 2.42. The molecule has 0 unspecified atom stereocenters. The van der Waals surface area contributed by atoms with Crippen molar-refractivity contribution in [1.82, 2.24) is 9.21 Å². The standard InChI is InChI=1S/C19H22N4O2S/c20-15-21-11-10-18(14-21)22-13-17-8-4-5-9-19(17)23(26(22,24)25)12-16-6-2-1-3-7-16/h1-9,18,24-25H,10-14H2/t18-/m1/s1. The summed E-state index contributed by atoms with van der Waals surface area (Å²) in [4.78, 5) is 1.68. The predicted octanol–water partition coefficient (Wildman–Crippen LogP) is 3.64. The fraction of sp³-hybridized carbons (Fsp3) is 0.316. The van der Waals surface area contributed by atoms with Gasteiger partial charge in [-0.25, -0.2) is 0 Å². The van der Waals surface area contributed by atoms with Gasteiger partial charge in [0.05, 0.1) is 18.3 Å². The monoisotopic (exact) mass is 370 g/mol. The van der Waals surface area contributed by atoms with Crippen molar-refractivity contribution in [1.29, 1.82) is 5.26 Å². The second-order valence-electron chi connectivity index (χ2n) is 6.70. The number of hydrogen-bond donors (Lipinski definition) is 2. The molecule has 2 aliphatic rings. The maximum Gasteiger partial charge on any atom is 0.179 e. The number of fused-ring (bicyclic) bond motifs is 1. The van der Waals surface area contributed by atoms with Gasteiger partial charge in [0.25, 0.3) is 0 Å². The van der Waals surface area contributed by atoms with Crippen molar-refractivity contribution in [3.63, 3.8) is 0 Å². The van der Waals surface area contributed by atoms with Crippen LogP contribution in [0.4, 0.5) is 5.69 Å². The zero-order chi connectivity index (χ0) is 18.1. The Morgan fingerprint density at radius 2 is 1.81 bits per heavy atom. The largest absolute Gasteiger partial charge is 0.309 e. The molecule has 1 saturated heterocycles. The molecule has 0 aromatic heterocycles. The Balaban J connectivity index is 1.70. The number of hydrogen-bond acceptors (Lipinski definition) is 6. The lowest BCUT2D eigenvalue weighted by molar-refractivity contribution is 0.269. The van der Waals surface area contributed by atoms with Crippen molar-refractivity contribution in [2.75, 3.05) is 17.4 Å². The highest BCUT2D eigenvalue weighted by atomic mass is 32.3. The summed E-state index contributed by atoms with van der Waals surface area (Å²) in [6.07, 6.45) is 2.92. The van der Waals surface area contributed by atoms with Crippen molar-refractivity contribution >= 4 is 16.6 Å². The third-order valence-corrected chi connectivity index (χ3v) is 7.05. The van der Waals surface area contributed by atoms with Crippen LogP contribution < -0.4 is 4.31 Å². The molecule has 26 heavy (non-hydrogen) atoms. The minimum absolute atomic E-state index is 0.0497. The third kappa shape index (κ3) is 3.02. The van der Waals surface area contributed by atoms with E-state index < -0.39 is 11.0 Å². The lowest BCUT2D eigenvalue weighted by atomic mass is 10.1. The highest BCUT2D eigenvalue weighted by molar-refractivity contribution is 8.23. The summed E-state index contributed by atoms with van der Waals surface area (Å²) in [6, 6.07) is 17.7. The first kappa shape index (κ1) is 17.2. The van der Waals surface area contributed by atoms with Gasteiger partial charge in [-0.05, 0) is 34.6 Å². The van der Waals surface area contributed by atoms with Crippen molar-refractivity contribution in [2.45, 2.75) is 25.6 Å². The van der Waals surface area contributed by atoms with Crippen molar-refractivity contribution in [3.05, 3.63) is 65.7 Å². The van der Waals surface area contributed by atoms with E-state index in [-0.39, 0.29) is 6.04 Å².